The summed E-state index contributed by atoms with van der Waals surface area (Å²) in [6.07, 6.45) is 3.89. The smallest absolute Gasteiger partial charge is 0.413 e. The van der Waals surface area contributed by atoms with Crippen LogP contribution in [0.3, 0.4) is 0 Å². The van der Waals surface area contributed by atoms with Gasteiger partial charge in [-0.15, -0.1) is 0 Å². The molecule has 5 heterocycles. The van der Waals surface area contributed by atoms with E-state index in [1.54, 1.807) is 45.6 Å². The Balaban J connectivity index is 1.31. The molecule has 4 amide bonds. The van der Waals surface area contributed by atoms with Gasteiger partial charge in [-0.25, -0.2) is 10.2 Å². The molecule has 0 radical (unpaired) electrons. The molecule has 1 fully saturated rings. The van der Waals surface area contributed by atoms with Crippen molar-refractivity contribution in [2.75, 3.05) is 41.0 Å². The lowest BCUT2D eigenvalue weighted by atomic mass is 9.84. The molecule has 2 aromatic carbocycles. The Kier molecular flexibility index (Phi) is 14.5. The fraction of sp³-hybridized carbons (Fsp3) is 0.490. The number of nitrogens with one attached hydrogen (secondary N) is 2. The van der Waals surface area contributed by atoms with Crippen molar-refractivity contribution >= 4 is 40.7 Å². The molecule has 358 valence electrons. The molecule has 7 rings (SSSR count). The zero-order chi connectivity index (χ0) is 48.5. The summed E-state index contributed by atoms with van der Waals surface area (Å²) >= 11 is 0. The van der Waals surface area contributed by atoms with Crippen LogP contribution in [0.2, 0.25) is 0 Å². The molecule has 0 saturated carbocycles. The molecule has 16 nitrogen and oxygen atoms in total. The van der Waals surface area contributed by atoms with Gasteiger partial charge in [0, 0.05) is 74.5 Å². The number of aryl methyl sites for hydroxylation is 1. The first kappa shape index (κ1) is 48.7. The van der Waals surface area contributed by atoms with E-state index in [1.807, 2.05) is 39.0 Å². The Morgan fingerprint density at radius 2 is 1.84 bits per heavy atom. The van der Waals surface area contributed by atoms with Crippen LogP contribution in [0.4, 0.5) is 4.79 Å². The van der Waals surface area contributed by atoms with Crippen molar-refractivity contribution in [3.05, 3.63) is 83.3 Å². The molecule has 0 aliphatic carbocycles. The summed E-state index contributed by atoms with van der Waals surface area (Å²) in [5.41, 5.74) is 10.1. The van der Waals surface area contributed by atoms with Gasteiger partial charge < -0.3 is 34.1 Å². The lowest BCUT2D eigenvalue weighted by Gasteiger charge is -2.37. The van der Waals surface area contributed by atoms with Gasteiger partial charge >= 0.3 is 12.1 Å². The highest BCUT2D eigenvalue weighted by atomic mass is 16.5. The van der Waals surface area contributed by atoms with Gasteiger partial charge in [0.15, 0.2) is 0 Å². The number of likely N-dealkylation sites (N-methyl/N-ethyl adjacent to an activating group) is 1. The molecule has 3 N–H and O–H groups in total. The maximum Gasteiger partial charge on any atom is 0.413 e. The molecule has 1 unspecified atom stereocenters. The number of hydrogen-bond donors (Lipinski definition) is 3. The molecule has 67 heavy (non-hydrogen) atoms. The number of hydrogen-bond acceptors (Lipinski definition) is 11. The molecule has 1 saturated heterocycles. The van der Waals surface area contributed by atoms with Crippen molar-refractivity contribution in [1.29, 1.82) is 0 Å². The zero-order valence-electron chi connectivity index (χ0n) is 40.3. The fourth-order valence-electron chi connectivity index (χ4n) is 9.88. The number of rotatable bonds is 9. The highest BCUT2D eigenvalue weighted by Gasteiger charge is 2.41. The summed E-state index contributed by atoms with van der Waals surface area (Å²) < 4.78 is 19.1. The Morgan fingerprint density at radius 3 is 2.54 bits per heavy atom. The molecule has 16 heteroatoms. The van der Waals surface area contributed by atoms with Gasteiger partial charge in [0.2, 0.25) is 11.8 Å². The number of phenols is 1. The number of aromatic hydroxyl groups is 1. The van der Waals surface area contributed by atoms with Gasteiger partial charge in [-0.3, -0.25) is 34.1 Å². The summed E-state index contributed by atoms with van der Waals surface area (Å²) in [6, 6.07) is 12.4. The number of hydrazine groups is 1. The van der Waals surface area contributed by atoms with Gasteiger partial charge in [0.05, 0.1) is 37.1 Å². The molecule has 4 aromatic rings. The Hall–Kier alpha value is -6.26. The topological polar surface area (TPSA) is 185 Å². The molecular weight excluding hydrogens is 855 g/mol. The number of fused-ring (bicyclic) bond motifs is 6. The standard InChI is InChI=1S/C51H65N7O9/c1-11-57-42-17-16-33-24-37(42)38(45(57)36-14-12-18-52-43(36)31(5)65-9)25-51(6,7)28-67-49(63)40-15-13-19-58(54-40)48(62)41(22-32-20-34(33)23-35(59)21-32)53-46(60)44(29(2)3)55(8)47(61)39-27-56(26-30(39)4)50(64)66-10/h12,14,16-18,20-21,23-24,26,29,31,39-41,44,54,59H,11,13,15,19,22,25,27-28H2,1-10H3,(H,53,60)/t31-,39+,40-,41-,44?/m0/s1. The largest absolute Gasteiger partial charge is 0.508 e. The van der Waals surface area contributed by atoms with E-state index in [0.717, 1.165) is 39.0 Å². The van der Waals surface area contributed by atoms with Gasteiger partial charge in [0.25, 0.3) is 5.91 Å². The second-order valence-electron chi connectivity index (χ2n) is 19.2. The quantitative estimate of drug-likeness (QED) is 0.155. The van der Waals surface area contributed by atoms with E-state index in [9.17, 15) is 29.1 Å². The lowest BCUT2D eigenvalue weighted by molar-refractivity contribution is -0.155. The third kappa shape index (κ3) is 10.1. The molecule has 3 aliphatic rings. The maximum atomic E-state index is 14.7. The van der Waals surface area contributed by atoms with Crippen LogP contribution >= 0.6 is 0 Å². The van der Waals surface area contributed by atoms with E-state index in [0.29, 0.717) is 42.5 Å². The van der Waals surface area contributed by atoms with Crippen LogP contribution in [0.1, 0.15) is 84.2 Å². The van der Waals surface area contributed by atoms with Crippen LogP contribution in [0, 0.1) is 17.3 Å². The number of carbonyl (C=O) groups excluding carboxylic acids is 5. The van der Waals surface area contributed by atoms with Crippen molar-refractivity contribution in [2.45, 2.75) is 105 Å². The first-order chi connectivity index (χ1) is 31.9. The number of amides is 4. The third-order valence-corrected chi connectivity index (χ3v) is 13.3. The van der Waals surface area contributed by atoms with Gasteiger partial charge in [-0.05, 0) is 110 Å². The minimum absolute atomic E-state index is 0.0217. The average molecular weight is 920 g/mol. The zero-order valence-corrected chi connectivity index (χ0v) is 40.3. The Labute approximate surface area is 392 Å². The van der Waals surface area contributed by atoms with E-state index in [1.165, 1.54) is 21.9 Å². The Bertz CT molecular complexity index is 2580. The number of methoxy groups -OCH3 is 2. The number of nitrogens with zero attached hydrogens (tertiary/aromatic N) is 5. The number of pyridine rings is 1. The number of cyclic esters (lactones) is 1. The lowest BCUT2D eigenvalue weighted by Crippen LogP contribution is -2.62. The minimum atomic E-state index is -1.19. The van der Waals surface area contributed by atoms with E-state index in [2.05, 4.69) is 54.3 Å². The van der Waals surface area contributed by atoms with Crippen LogP contribution in [0.15, 0.2) is 66.5 Å². The third-order valence-electron chi connectivity index (χ3n) is 13.3. The normalized spacial score (nSPS) is 20.8. The van der Waals surface area contributed by atoms with Gasteiger partial charge in [0.1, 0.15) is 23.9 Å². The van der Waals surface area contributed by atoms with Crippen molar-refractivity contribution in [1.82, 2.24) is 35.1 Å². The Morgan fingerprint density at radius 1 is 1.07 bits per heavy atom. The molecule has 2 aromatic heterocycles. The van der Waals surface area contributed by atoms with Crippen LogP contribution in [-0.2, 0) is 52.8 Å². The highest BCUT2D eigenvalue weighted by Crippen LogP contribution is 2.42. The summed E-state index contributed by atoms with van der Waals surface area (Å²) in [5.74, 6) is -3.01. The highest BCUT2D eigenvalue weighted by molar-refractivity contribution is 5.96. The van der Waals surface area contributed by atoms with E-state index >= 15 is 0 Å². The predicted octanol–water partition coefficient (Wildman–Crippen LogP) is 6.54. The summed E-state index contributed by atoms with van der Waals surface area (Å²) in [7, 11) is 4.49. The number of carbonyl (C=O) groups is 5. The second kappa shape index (κ2) is 19.9. The molecule has 0 spiro atoms. The van der Waals surface area contributed by atoms with Crippen LogP contribution in [-0.4, -0.2) is 118 Å². The number of phenolic OH excluding ortho intramolecular Hbond substituents is 1. The SMILES string of the molecule is CCn1c(-c2cccnc2[C@H](C)OC)c2c3cc(ccc31)-c1cc(O)cc(c1)C[C@H](NC(=O)C(C(C)C)N(C)C(=O)[C@@H]1CN(C(=O)OC)C=C1C)C(=O)N1CCC[C@H](N1)C(=O)OCC(C)(C)C2. The van der Waals surface area contributed by atoms with E-state index in [-0.39, 0.29) is 49.8 Å². The first-order valence-electron chi connectivity index (χ1n) is 23.2. The van der Waals surface area contributed by atoms with Crippen LogP contribution < -0.4 is 10.7 Å². The van der Waals surface area contributed by atoms with Crippen LogP contribution in [0.25, 0.3) is 33.3 Å². The molecule has 6 bridgehead atoms. The van der Waals surface area contributed by atoms with Crippen molar-refractivity contribution in [2.24, 2.45) is 17.3 Å². The number of ether oxygens (including phenoxy) is 3. The molecular formula is C51H65N7O9. The first-order valence-corrected chi connectivity index (χ1v) is 23.2. The maximum absolute atomic E-state index is 14.7. The average Bonchev–Trinajstić information content (AvgIpc) is 3.85. The summed E-state index contributed by atoms with van der Waals surface area (Å²) in [6.45, 7) is 14.7. The summed E-state index contributed by atoms with van der Waals surface area (Å²) in [5, 5.41) is 16.7. The van der Waals surface area contributed by atoms with E-state index in [4.69, 9.17) is 19.2 Å². The van der Waals surface area contributed by atoms with Gasteiger partial charge in [-0.2, -0.15) is 0 Å². The predicted molar refractivity (Wildman–Crippen MR) is 253 cm³/mol. The van der Waals surface area contributed by atoms with Crippen molar-refractivity contribution in [3.63, 3.8) is 0 Å². The number of aromatic nitrogens is 2. The summed E-state index contributed by atoms with van der Waals surface area (Å²) in [4.78, 5) is 77.1. The fourth-order valence-corrected chi connectivity index (χ4v) is 9.88. The number of esters is 1. The minimum Gasteiger partial charge on any atom is -0.508 e. The van der Waals surface area contributed by atoms with Gasteiger partial charge in [-0.1, -0.05) is 39.8 Å². The monoisotopic (exact) mass is 919 g/mol. The second-order valence-corrected chi connectivity index (χ2v) is 19.2. The molecule has 3 aliphatic heterocycles. The van der Waals surface area contributed by atoms with Crippen LogP contribution in [0.5, 0.6) is 5.75 Å². The molecule has 5 atom stereocenters. The van der Waals surface area contributed by atoms with Crippen molar-refractivity contribution < 1.29 is 43.3 Å². The van der Waals surface area contributed by atoms with Crippen molar-refractivity contribution in [3.8, 4) is 28.1 Å². The van der Waals surface area contributed by atoms with E-state index < -0.39 is 53.3 Å². The number of benzene rings is 2.